The molecule has 17 heavy (non-hydrogen) atoms. The largest absolute Gasteiger partial charge is 0.352 e. The smallest absolute Gasteiger partial charge is 0.223 e. The Labute approximate surface area is 104 Å². The minimum absolute atomic E-state index is 0.106. The van der Waals surface area contributed by atoms with Gasteiger partial charge in [-0.3, -0.25) is 4.79 Å². The van der Waals surface area contributed by atoms with Crippen molar-refractivity contribution in [2.45, 2.75) is 38.6 Å². The molecule has 0 radical (unpaired) electrons. The average Bonchev–Trinajstić information content (AvgIpc) is 2.37. The molecule has 0 aliphatic carbocycles. The number of carbonyl (C=O) groups is 1. The standard InChI is InChI=1S/C13H25N3O/c1-10(3-2-6-14)13(17)15-12-9-16-7-4-11(12)5-8-16/h10-12H,2-9,14H2,1H3,(H,15,17). The van der Waals surface area contributed by atoms with E-state index < -0.39 is 0 Å². The quantitative estimate of drug-likeness (QED) is 0.737. The highest BCUT2D eigenvalue weighted by Crippen LogP contribution is 2.27. The molecular weight excluding hydrogens is 214 g/mol. The zero-order valence-corrected chi connectivity index (χ0v) is 10.8. The van der Waals surface area contributed by atoms with Crippen molar-refractivity contribution in [3.05, 3.63) is 0 Å². The van der Waals surface area contributed by atoms with Gasteiger partial charge in [0.15, 0.2) is 0 Å². The molecule has 3 heterocycles. The Balaban J connectivity index is 1.78. The van der Waals surface area contributed by atoms with E-state index in [1.54, 1.807) is 0 Å². The van der Waals surface area contributed by atoms with Crippen molar-refractivity contribution in [3.8, 4) is 0 Å². The zero-order chi connectivity index (χ0) is 12.3. The molecule has 0 aromatic rings. The Kier molecular flexibility index (Phi) is 4.40. The van der Waals surface area contributed by atoms with Crippen molar-refractivity contribution in [3.63, 3.8) is 0 Å². The molecule has 1 amide bonds. The summed E-state index contributed by atoms with van der Waals surface area (Å²) in [5.41, 5.74) is 5.47. The summed E-state index contributed by atoms with van der Waals surface area (Å²) in [6.07, 6.45) is 4.35. The Morgan fingerprint density at radius 1 is 1.47 bits per heavy atom. The predicted molar refractivity (Wildman–Crippen MR) is 68.5 cm³/mol. The van der Waals surface area contributed by atoms with E-state index in [4.69, 9.17) is 5.73 Å². The maximum atomic E-state index is 12.0. The van der Waals surface area contributed by atoms with Crippen LogP contribution in [0.25, 0.3) is 0 Å². The van der Waals surface area contributed by atoms with Crippen molar-refractivity contribution in [1.29, 1.82) is 0 Å². The second-order valence-corrected chi connectivity index (χ2v) is 5.59. The lowest BCUT2D eigenvalue weighted by Gasteiger charge is -2.45. The van der Waals surface area contributed by atoms with Gasteiger partial charge in [-0.1, -0.05) is 6.92 Å². The number of nitrogens with two attached hydrogens (primary N) is 1. The van der Waals surface area contributed by atoms with E-state index in [0.717, 1.165) is 19.4 Å². The number of piperidine rings is 3. The third kappa shape index (κ3) is 3.19. The van der Waals surface area contributed by atoms with Gasteiger partial charge in [0, 0.05) is 18.5 Å². The Hall–Kier alpha value is -0.610. The minimum Gasteiger partial charge on any atom is -0.352 e. The third-order valence-electron chi connectivity index (χ3n) is 4.27. The van der Waals surface area contributed by atoms with Crippen molar-refractivity contribution >= 4 is 5.91 Å². The fourth-order valence-corrected chi connectivity index (χ4v) is 3.01. The molecule has 3 aliphatic rings. The summed E-state index contributed by atoms with van der Waals surface area (Å²) in [4.78, 5) is 14.5. The summed E-state index contributed by atoms with van der Waals surface area (Å²) in [6, 6.07) is 0.394. The van der Waals surface area contributed by atoms with Crippen LogP contribution in [0.5, 0.6) is 0 Å². The number of amides is 1. The van der Waals surface area contributed by atoms with E-state index in [0.29, 0.717) is 18.5 Å². The number of nitrogens with one attached hydrogen (secondary N) is 1. The Morgan fingerprint density at radius 2 is 2.18 bits per heavy atom. The van der Waals surface area contributed by atoms with Crippen LogP contribution < -0.4 is 11.1 Å². The highest BCUT2D eigenvalue weighted by molar-refractivity contribution is 5.78. The van der Waals surface area contributed by atoms with E-state index in [2.05, 4.69) is 10.2 Å². The van der Waals surface area contributed by atoms with Gasteiger partial charge in [-0.15, -0.1) is 0 Å². The minimum atomic E-state index is 0.106. The van der Waals surface area contributed by atoms with E-state index in [1.165, 1.54) is 25.9 Å². The molecule has 2 unspecified atom stereocenters. The summed E-state index contributed by atoms with van der Waals surface area (Å²) in [5, 5.41) is 3.24. The van der Waals surface area contributed by atoms with Gasteiger partial charge in [0.25, 0.3) is 0 Å². The molecule has 2 atom stereocenters. The number of fused-ring (bicyclic) bond motifs is 3. The molecule has 0 saturated carbocycles. The van der Waals surface area contributed by atoms with Gasteiger partial charge in [0.1, 0.15) is 0 Å². The van der Waals surface area contributed by atoms with Crippen molar-refractivity contribution in [1.82, 2.24) is 10.2 Å². The van der Waals surface area contributed by atoms with Crippen LogP contribution >= 0.6 is 0 Å². The molecule has 3 N–H and O–H groups in total. The van der Waals surface area contributed by atoms with Crippen LogP contribution in [0.1, 0.15) is 32.6 Å². The second-order valence-electron chi connectivity index (χ2n) is 5.59. The van der Waals surface area contributed by atoms with Crippen LogP contribution in [0.4, 0.5) is 0 Å². The summed E-state index contributed by atoms with van der Waals surface area (Å²) < 4.78 is 0. The fraction of sp³-hybridized carbons (Fsp3) is 0.923. The van der Waals surface area contributed by atoms with E-state index in [9.17, 15) is 4.79 Å². The second kappa shape index (κ2) is 5.83. The summed E-state index contributed by atoms with van der Waals surface area (Å²) in [7, 11) is 0. The molecule has 98 valence electrons. The maximum Gasteiger partial charge on any atom is 0.223 e. The number of hydrogen-bond acceptors (Lipinski definition) is 3. The molecule has 0 aromatic carbocycles. The molecule has 4 nitrogen and oxygen atoms in total. The first-order valence-corrected chi connectivity index (χ1v) is 6.93. The summed E-state index contributed by atoms with van der Waals surface area (Å²) in [6.45, 7) is 6.18. The lowest BCUT2D eigenvalue weighted by Crippen LogP contribution is -2.57. The molecule has 0 spiro atoms. The van der Waals surface area contributed by atoms with Crippen LogP contribution in [-0.4, -0.2) is 43.0 Å². The van der Waals surface area contributed by atoms with Crippen LogP contribution in [0.2, 0.25) is 0 Å². The topological polar surface area (TPSA) is 58.4 Å². The Bertz CT molecular complexity index is 261. The van der Waals surface area contributed by atoms with Crippen LogP contribution in [-0.2, 0) is 4.79 Å². The Morgan fingerprint density at radius 3 is 2.71 bits per heavy atom. The van der Waals surface area contributed by atoms with E-state index in [-0.39, 0.29) is 11.8 Å². The first kappa shape index (κ1) is 12.8. The van der Waals surface area contributed by atoms with Gasteiger partial charge in [0.2, 0.25) is 5.91 Å². The molecule has 3 fully saturated rings. The lowest BCUT2D eigenvalue weighted by molar-refractivity contribution is -0.126. The SMILES string of the molecule is CC(CCCN)C(=O)NC1CN2CCC1CC2. The van der Waals surface area contributed by atoms with Gasteiger partial charge in [-0.05, 0) is 51.2 Å². The molecule has 4 heteroatoms. The lowest BCUT2D eigenvalue weighted by atomic mass is 9.84. The van der Waals surface area contributed by atoms with E-state index in [1.807, 2.05) is 6.92 Å². The normalized spacial score (nSPS) is 33.4. The van der Waals surface area contributed by atoms with Crippen LogP contribution in [0.15, 0.2) is 0 Å². The monoisotopic (exact) mass is 239 g/mol. The number of carbonyl (C=O) groups excluding carboxylic acids is 1. The molecular formula is C13H25N3O. The molecule has 3 aliphatic heterocycles. The van der Waals surface area contributed by atoms with Crippen LogP contribution in [0.3, 0.4) is 0 Å². The average molecular weight is 239 g/mol. The van der Waals surface area contributed by atoms with Gasteiger partial charge < -0.3 is 16.0 Å². The summed E-state index contributed by atoms with van der Waals surface area (Å²) in [5.74, 6) is 1.04. The molecule has 2 bridgehead atoms. The summed E-state index contributed by atoms with van der Waals surface area (Å²) >= 11 is 0. The van der Waals surface area contributed by atoms with Crippen molar-refractivity contribution in [2.24, 2.45) is 17.6 Å². The molecule has 3 rings (SSSR count). The molecule has 3 saturated heterocycles. The van der Waals surface area contributed by atoms with Crippen LogP contribution in [0, 0.1) is 11.8 Å². The van der Waals surface area contributed by atoms with Gasteiger partial charge in [0.05, 0.1) is 0 Å². The van der Waals surface area contributed by atoms with Gasteiger partial charge in [-0.2, -0.15) is 0 Å². The van der Waals surface area contributed by atoms with Crippen molar-refractivity contribution in [2.75, 3.05) is 26.2 Å². The number of hydrogen-bond donors (Lipinski definition) is 2. The highest BCUT2D eigenvalue weighted by atomic mass is 16.1. The van der Waals surface area contributed by atoms with Crippen molar-refractivity contribution < 1.29 is 4.79 Å². The number of nitrogens with zero attached hydrogens (tertiary/aromatic N) is 1. The van der Waals surface area contributed by atoms with Gasteiger partial charge >= 0.3 is 0 Å². The van der Waals surface area contributed by atoms with E-state index >= 15 is 0 Å². The third-order valence-corrected chi connectivity index (χ3v) is 4.27. The molecule has 0 aromatic heterocycles. The predicted octanol–water partition coefficient (Wildman–Crippen LogP) is 0.572. The first-order valence-electron chi connectivity index (χ1n) is 6.93. The van der Waals surface area contributed by atoms with Gasteiger partial charge in [-0.25, -0.2) is 0 Å². The highest BCUT2D eigenvalue weighted by Gasteiger charge is 2.35. The first-order chi connectivity index (χ1) is 8.20. The fourth-order valence-electron chi connectivity index (χ4n) is 3.01. The zero-order valence-electron chi connectivity index (χ0n) is 10.8. The number of rotatable bonds is 5. The maximum absolute atomic E-state index is 12.0.